The molecule has 0 aliphatic rings. The van der Waals surface area contributed by atoms with Crippen molar-refractivity contribution < 1.29 is 80.2 Å². The average Bonchev–Trinajstić information content (AvgIpc) is 1.29. The second-order valence-electron chi connectivity index (χ2n) is 29.9. The number of aliphatic hydroxyl groups is 1. The van der Waals surface area contributed by atoms with Crippen molar-refractivity contribution in [3.05, 3.63) is 0 Å². The van der Waals surface area contributed by atoms with Crippen LogP contribution in [0.3, 0.4) is 0 Å². The highest BCUT2D eigenvalue weighted by Crippen LogP contribution is 2.45. The lowest BCUT2D eigenvalue weighted by atomic mass is 10.0. The standard InChI is InChI=1S/C79H154O17P2/c1-8-9-10-11-12-13-14-18-24-32-39-46-53-60-76(81)89-67-75(96-79(84)63-56-49-42-35-28-27-31-38-45-52-59-72(6)7)69-94-98(87,88)92-65-73(80)64-91-97(85,86)93-68-74(66-90-77(82)61-54-47-40-33-26-21-23-30-37-44-51-58-71(4)5)95-78(83)62-55-48-41-34-25-20-17-15-16-19-22-29-36-43-50-57-70(2)3/h70-75,80H,8-69H2,1-7H3,(H,85,86)(H,87,88)/t73-,74-,75-/m1/s1. The molecule has 0 aliphatic heterocycles. The van der Waals surface area contributed by atoms with Crippen molar-refractivity contribution >= 4 is 39.5 Å². The molecule has 0 bridgehead atoms. The number of rotatable bonds is 77. The molecule has 0 aliphatic carbocycles. The molecule has 0 heterocycles. The molecule has 98 heavy (non-hydrogen) atoms. The number of carbonyl (C=O) groups is 4. The molecular formula is C79H154O17P2. The summed E-state index contributed by atoms with van der Waals surface area (Å²) >= 11 is 0. The van der Waals surface area contributed by atoms with E-state index in [-0.39, 0.29) is 25.7 Å². The molecule has 5 atom stereocenters. The third-order valence-electron chi connectivity index (χ3n) is 18.4. The van der Waals surface area contributed by atoms with Crippen LogP contribution in [0.1, 0.15) is 408 Å². The third kappa shape index (κ3) is 72.4. The van der Waals surface area contributed by atoms with E-state index in [2.05, 4.69) is 48.5 Å². The molecule has 0 amide bonds. The Morgan fingerprint density at radius 1 is 0.276 bits per heavy atom. The summed E-state index contributed by atoms with van der Waals surface area (Å²) in [4.78, 5) is 73.0. The van der Waals surface area contributed by atoms with Gasteiger partial charge in [0.1, 0.15) is 19.3 Å². The van der Waals surface area contributed by atoms with E-state index in [4.69, 9.17) is 37.0 Å². The lowest BCUT2D eigenvalue weighted by Crippen LogP contribution is -2.30. The van der Waals surface area contributed by atoms with Gasteiger partial charge in [-0.3, -0.25) is 37.3 Å². The Bertz CT molecular complexity index is 1900. The molecule has 0 aromatic carbocycles. The molecule has 0 radical (unpaired) electrons. The summed E-state index contributed by atoms with van der Waals surface area (Å²) in [7, 11) is -9.92. The van der Waals surface area contributed by atoms with E-state index in [0.717, 1.165) is 108 Å². The molecule has 0 rings (SSSR count). The molecule has 17 nitrogen and oxygen atoms in total. The van der Waals surface area contributed by atoms with Crippen molar-refractivity contribution in [1.29, 1.82) is 0 Å². The second kappa shape index (κ2) is 69.4. The lowest BCUT2D eigenvalue weighted by molar-refractivity contribution is -0.161. The Labute approximate surface area is 600 Å². The van der Waals surface area contributed by atoms with Gasteiger partial charge < -0.3 is 33.8 Å². The molecule has 0 fully saturated rings. The summed E-state index contributed by atoms with van der Waals surface area (Å²) in [6, 6.07) is 0. The van der Waals surface area contributed by atoms with Crippen LogP contribution >= 0.6 is 15.6 Å². The van der Waals surface area contributed by atoms with Crippen LogP contribution < -0.4 is 0 Å². The maximum absolute atomic E-state index is 13.1. The fourth-order valence-corrected chi connectivity index (χ4v) is 13.7. The van der Waals surface area contributed by atoms with Gasteiger partial charge in [0, 0.05) is 25.7 Å². The van der Waals surface area contributed by atoms with E-state index in [1.165, 1.54) is 218 Å². The smallest absolute Gasteiger partial charge is 0.462 e. The fraction of sp³-hybridized carbons (Fsp3) is 0.949. The van der Waals surface area contributed by atoms with Gasteiger partial charge in [-0.2, -0.15) is 0 Å². The molecular weight excluding hydrogens is 1280 g/mol. The van der Waals surface area contributed by atoms with Crippen molar-refractivity contribution in [2.24, 2.45) is 17.8 Å². The first-order valence-electron chi connectivity index (χ1n) is 40.8. The minimum Gasteiger partial charge on any atom is -0.462 e. The fourth-order valence-electron chi connectivity index (χ4n) is 12.1. The number of carbonyl (C=O) groups excluding carboxylic acids is 4. The van der Waals surface area contributed by atoms with E-state index in [0.29, 0.717) is 25.7 Å². The Morgan fingerprint density at radius 3 is 0.694 bits per heavy atom. The predicted octanol–water partition coefficient (Wildman–Crippen LogP) is 23.4. The second-order valence-corrected chi connectivity index (χ2v) is 32.8. The number of hydrogen-bond acceptors (Lipinski definition) is 15. The topological polar surface area (TPSA) is 237 Å². The Hall–Kier alpha value is -1.94. The Kier molecular flexibility index (Phi) is 68.1. The van der Waals surface area contributed by atoms with Gasteiger partial charge in [-0.25, -0.2) is 9.13 Å². The van der Waals surface area contributed by atoms with Crippen LogP contribution in [0.25, 0.3) is 0 Å². The molecule has 0 spiro atoms. The number of phosphoric ester groups is 2. The van der Waals surface area contributed by atoms with E-state index >= 15 is 0 Å². The first-order valence-corrected chi connectivity index (χ1v) is 43.8. The van der Waals surface area contributed by atoms with E-state index in [1.807, 2.05) is 0 Å². The van der Waals surface area contributed by atoms with Gasteiger partial charge in [0.2, 0.25) is 0 Å². The van der Waals surface area contributed by atoms with Gasteiger partial charge in [-0.1, -0.05) is 357 Å². The van der Waals surface area contributed by atoms with Gasteiger partial charge in [0.15, 0.2) is 12.2 Å². The van der Waals surface area contributed by atoms with Crippen molar-refractivity contribution in [3.63, 3.8) is 0 Å². The summed E-state index contributed by atoms with van der Waals surface area (Å²) in [6.07, 6.45) is 56.7. The van der Waals surface area contributed by atoms with Gasteiger partial charge >= 0.3 is 39.5 Å². The van der Waals surface area contributed by atoms with E-state index in [1.54, 1.807) is 0 Å². The van der Waals surface area contributed by atoms with Crippen LogP contribution in [0.5, 0.6) is 0 Å². The maximum Gasteiger partial charge on any atom is 0.472 e. The predicted molar refractivity (Wildman–Crippen MR) is 400 cm³/mol. The highest BCUT2D eigenvalue weighted by Gasteiger charge is 2.30. The van der Waals surface area contributed by atoms with Crippen molar-refractivity contribution in [3.8, 4) is 0 Å². The molecule has 0 saturated carbocycles. The monoisotopic (exact) mass is 1440 g/mol. The highest BCUT2D eigenvalue weighted by molar-refractivity contribution is 7.47. The zero-order valence-corrected chi connectivity index (χ0v) is 66.0. The quantitative estimate of drug-likeness (QED) is 0.0222. The molecule has 582 valence electrons. The normalized spacial score (nSPS) is 14.0. The number of aliphatic hydroxyl groups excluding tert-OH is 1. The van der Waals surface area contributed by atoms with Crippen LogP contribution in [0.15, 0.2) is 0 Å². The van der Waals surface area contributed by atoms with Crippen LogP contribution in [0, 0.1) is 17.8 Å². The van der Waals surface area contributed by atoms with Gasteiger partial charge in [-0.15, -0.1) is 0 Å². The summed E-state index contributed by atoms with van der Waals surface area (Å²) in [5, 5.41) is 10.6. The molecule has 0 saturated heterocycles. The summed E-state index contributed by atoms with van der Waals surface area (Å²) in [6.45, 7) is 12.0. The van der Waals surface area contributed by atoms with Gasteiger partial charge in [-0.05, 0) is 43.4 Å². The van der Waals surface area contributed by atoms with E-state index in [9.17, 15) is 43.2 Å². The lowest BCUT2D eigenvalue weighted by Gasteiger charge is -2.21. The Morgan fingerprint density at radius 2 is 0.469 bits per heavy atom. The molecule has 0 aromatic heterocycles. The van der Waals surface area contributed by atoms with Crippen LogP contribution in [0.4, 0.5) is 0 Å². The maximum atomic E-state index is 13.1. The van der Waals surface area contributed by atoms with Crippen molar-refractivity contribution in [1.82, 2.24) is 0 Å². The number of hydrogen-bond donors (Lipinski definition) is 3. The first kappa shape index (κ1) is 96.1. The Balaban J connectivity index is 5.26. The molecule has 0 aromatic rings. The third-order valence-corrected chi connectivity index (χ3v) is 20.3. The van der Waals surface area contributed by atoms with Crippen LogP contribution in [-0.2, 0) is 65.4 Å². The number of esters is 4. The highest BCUT2D eigenvalue weighted by atomic mass is 31.2. The minimum absolute atomic E-state index is 0.106. The summed E-state index contributed by atoms with van der Waals surface area (Å²) in [5.41, 5.74) is 0. The van der Waals surface area contributed by atoms with E-state index < -0.39 is 97.5 Å². The van der Waals surface area contributed by atoms with Gasteiger partial charge in [0.05, 0.1) is 26.4 Å². The molecule has 2 unspecified atom stereocenters. The number of phosphoric acid groups is 2. The molecule has 3 N–H and O–H groups in total. The summed E-state index contributed by atoms with van der Waals surface area (Å²) < 4.78 is 68.7. The number of unbranched alkanes of at least 4 members (excludes halogenated alkanes) is 45. The number of ether oxygens (including phenoxy) is 4. The largest absolute Gasteiger partial charge is 0.472 e. The zero-order valence-electron chi connectivity index (χ0n) is 64.3. The van der Waals surface area contributed by atoms with Crippen LogP contribution in [-0.4, -0.2) is 96.7 Å². The summed E-state index contributed by atoms with van der Waals surface area (Å²) in [5.74, 6) is 0.214. The average molecular weight is 1440 g/mol. The van der Waals surface area contributed by atoms with Gasteiger partial charge in [0.25, 0.3) is 0 Å². The van der Waals surface area contributed by atoms with Crippen molar-refractivity contribution in [2.75, 3.05) is 39.6 Å². The minimum atomic E-state index is -4.96. The zero-order chi connectivity index (χ0) is 72.3. The van der Waals surface area contributed by atoms with Crippen molar-refractivity contribution in [2.45, 2.75) is 426 Å². The molecule has 19 heteroatoms. The van der Waals surface area contributed by atoms with Crippen LogP contribution in [0.2, 0.25) is 0 Å². The SMILES string of the molecule is CCCCCCCCCCCCCCCC(=O)OC[C@H](COP(=O)(O)OC[C@H](O)COP(=O)(O)OC[C@@H](COC(=O)CCCCCCCCCCCCCC(C)C)OC(=O)CCCCCCCCCCCCCCCCCC(C)C)OC(=O)CCCCCCCCCCCCC(C)C. The first-order chi connectivity index (χ1) is 47.2.